The second-order valence-corrected chi connectivity index (χ2v) is 8.72. The standard InChI is InChI=1S/C29H31N3O4/c1-32(2)29(34)22-10-13-26-27(18-22)31-17-15-28(26)36-25-11-8-21(9-12-25)14-16-30-19-23(33)20-35-24-6-4-3-5-7-24/h3-13,15,17-18,23,30,33H,14,16,19-20H2,1-2H3. The van der Waals surface area contributed by atoms with Crippen LogP contribution in [0.15, 0.2) is 85.1 Å². The number of carbonyl (C=O) groups is 1. The van der Waals surface area contributed by atoms with Gasteiger partial charge in [0.15, 0.2) is 0 Å². The number of hydrogen-bond acceptors (Lipinski definition) is 6. The van der Waals surface area contributed by atoms with Crippen LogP contribution in [-0.2, 0) is 6.42 Å². The number of aliphatic hydroxyl groups excluding tert-OH is 1. The number of fused-ring (bicyclic) bond motifs is 1. The Bertz CT molecular complexity index is 1280. The van der Waals surface area contributed by atoms with Crippen LogP contribution in [0.3, 0.4) is 0 Å². The van der Waals surface area contributed by atoms with Crippen molar-refractivity contribution in [3.8, 4) is 17.2 Å². The first-order valence-corrected chi connectivity index (χ1v) is 11.9. The first-order chi connectivity index (χ1) is 17.5. The van der Waals surface area contributed by atoms with Crippen LogP contribution in [0.2, 0.25) is 0 Å². The summed E-state index contributed by atoms with van der Waals surface area (Å²) in [7, 11) is 3.45. The van der Waals surface area contributed by atoms with Crippen LogP contribution in [0.5, 0.6) is 17.2 Å². The molecule has 0 bridgehead atoms. The van der Waals surface area contributed by atoms with E-state index in [-0.39, 0.29) is 12.5 Å². The summed E-state index contributed by atoms with van der Waals surface area (Å²) in [6, 6.07) is 24.7. The summed E-state index contributed by atoms with van der Waals surface area (Å²) in [5.74, 6) is 2.10. The van der Waals surface area contributed by atoms with Crippen molar-refractivity contribution in [1.82, 2.24) is 15.2 Å². The van der Waals surface area contributed by atoms with E-state index >= 15 is 0 Å². The van der Waals surface area contributed by atoms with E-state index in [1.54, 1.807) is 37.3 Å². The Balaban J connectivity index is 1.26. The monoisotopic (exact) mass is 485 g/mol. The van der Waals surface area contributed by atoms with E-state index in [9.17, 15) is 9.90 Å². The first kappa shape index (κ1) is 25.2. The highest BCUT2D eigenvalue weighted by Gasteiger charge is 2.11. The number of nitrogens with one attached hydrogen (secondary N) is 1. The molecule has 1 unspecified atom stereocenters. The molecule has 0 radical (unpaired) electrons. The van der Waals surface area contributed by atoms with Crippen LogP contribution < -0.4 is 14.8 Å². The predicted octanol–water partition coefficient (Wildman–Crippen LogP) is 4.30. The van der Waals surface area contributed by atoms with E-state index in [1.165, 1.54) is 0 Å². The SMILES string of the molecule is CN(C)C(=O)c1ccc2c(Oc3ccc(CCNCC(O)COc4ccccc4)cc3)ccnc2c1. The highest BCUT2D eigenvalue weighted by molar-refractivity contribution is 5.98. The number of benzene rings is 3. The molecule has 1 atom stereocenters. The maximum atomic E-state index is 12.3. The smallest absolute Gasteiger partial charge is 0.253 e. The minimum absolute atomic E-state index is 0.0647. The van der Waals surface area contributed by atoms with Crippen molar-refractivity contribution in [3.63, 3.8) is 0 Å². The highest BCUT2D eigenvalue weighted by atomic mass is 16.5. The maximum absolute atomic E-state index is 12.3. The molecule has 7 heteroatoms. The Morgan fingerprint density at radius 1 is 1.00 bits per heavy atom. The van der Waals surface area contributed by atoms with E-state index in [0.717, 1.165) is 35.4 Å². The van der Waals surface area contributed by atoms with Crippen LogP contribution in [0, 0.1) is 0 Å². The van der Waals surface area contributed by atoms with E-state index in [4.69, 9.17) is 9.47 Å². The Morgan fingerprint density at radius 2 is 1.78 bits per heavy atom. The van der Waals surface area contributed by atoms with Crippen molar-refractivity contribution in [2.45, 2.75) is 12.5 Å². The van der Waals surface area contributed by atoms with Gasteiger partial charge in [0.05, 0.1) is 5.52 Å². The zero-order valence-electron chi connectivity index (χ0n) is 20.6. The number of para-hydroxylation sites is 1. The van der Waals surface area contributed by atoms with Crippen molar-refractivity contribution < 1.29 is 19.4 Å². The quantitative estimate of drug-likeness (QED) is 0.308. The van der Waals surface area contributed by atoms with Gasteiger partial charge in [0.1, 0.15) is 30.0 Å². The van der Waals surface area contributed by atoms with Gasteiger partial charge in [-0.3, -0.25) is 9.78 Å². The van der Waals surface area contributed by atoms with Crippen molar-refractivity contribution in [3.05, 3.63) is 96.2 Å². The molecule has 0 fully saturated rings. The number of amides is 1. The number of carbonyl (C=O) groups excluding carboxylic acids is 1. The molecule has 36 heavy (non-hydrogen) atoms. The summed E-state index contributed by atoms with van der Waals surface area (Å²) in [4.78, 5) is 18.2. The van der Waals surface area contributed by atoms with Crippen LogP contribution in [-0.4, -0.2) is 60.8 Å². The van der Waals surface area contributed by atoms with Gasteiger partial charge < -0.3 is 24.8 Å². The molecule has 7 nitrogen and oxygen atoms in total. The van der Waals surface area contributed by atoms with Gasteiger partial charge in [0.2, 0.25) is 0 Å². The lowest BCUT2D eigenvalue weighted by atomic mass is 10.1. The lowest BCUT2D eigenvalue weighted by Gasteiger charge is -2.13. The van der Waals surface area contributed by atoms with Gasteiger partial charge in [-0.15, -0.1) is 0 Å². The number of rotatable bonds is 11. The molecule has 186 valence electrons. The molecule has 0 aliphatic carbocycles. The van der Waals surface area contributed by atoms with Crippen molar-refractivity contribution in [1.29, 1.82) is 0 Å². The number of ether oxygens (including phenoxy) is 2. The Labute approximate surface area is 211 Å². The zero-order valence-corrected chi connectivity index (χ0v) is 20.6. The fraction of sp³-hybridized carbons (Fsp3) is 0.241. The fourth-order valence-electron chi connectivity index (χ4n) is 3.72. The van der Waals surface area contributed by atoms with E-state index in [1.807, 2.05) is 66.7 Å². The third-order valence-electron chi connectivity index (χ3n) is 5.66. The average Bonchev–Trinajstić information content (AvgIpc) is 2.91. The maximum Gasteiger partial charge on any atom is 0.253 e. The molecule has 2 N–H and O–H groups in total. The fourth-order valence-corrected chi connectivity index (χ4v) is 3.72. The summed E-state index contributed by atoms with van der Waals surface area (Å²) in [6.07, 6.45) is 1.93. The van der Waals surface area contributed by atoms with Gasteiger partial charge in [0, 0.05) is 37.8 Å². The zero-order chi connectivity index (χ0) is 25.3. The van der Waals surface area contributed by atoms with Crippen molar-refractivity contribution in [2.75, 3.05) is 33.8 Å². The molecule has 4 aromatic rings. The Kier molecular flexibility index (Phi) is 8.49. The molecular formula is C29H31N3O4. The number of hydrogen-bond donors (Lipinski definition) is 2. The summed E-state index contributed by atoms with van der Waals surface area (Å²) < 4.78 is 11.7. The normalized spacial score (nSPS) is 11.8. The molecule has 1 heterocycles. The van der Waals surface area contributed by atoms with Gasteiger partial charge in [-0.05, 0) is 67.1 Å². The molecule has 0 aliphatic rings. The van der Waals surface area contributed by atoms with E-state index < -0.39 is 6.10 Å². The van der Waals surface area contributed by atoms with Crippen LogP contribution in [0.1, 0.15) is 15.9 Å². The Hall–Kier alpha value is -3.94. The number of pyridine rings is 1. The molecule has 0 saturated heterocycles. The van der Waals surface area contributed by atoms with Gasteiger partial charge in [-0.1, -0.05) is 30.3 Å². The molecule has 0 spiro atoms. The van der Waals surface area contributed by atoms with Crippen LogP contribution >= 0.6 is 0 Å². The van der Waals surface area contributed by atoms with Gasteiger partial charge >= 0.3 is 0 Å². The van der Waals surface area contributed by atoms with Gasteiger partial charge in [-0.25, -0.2) is 0 Å². The number of aliphatic hydroxyl groups is 1. The summed E-state index contributed by atoms with van der Waals surface area (Å²) >= 11 is 0. The summed E-state index contributed by atoms with van der Waals surface area (Å²) in [5.41, 5.74) is 2.46. The van der Waals surface area contributed by atoms with E-state index in [2.05, 4.69) is 10.3 Å². The third-order valence-corrected chi connectivity index (χ3v) is 5.66. The van der Waals surface area contributed by atoms with Gasteiger partial charge in [-0.2, -0.15) is 0 Å². The number of aromatic nitrogens is 1. The predicted molar refractivity (Wildman–Crippen MR) is 141 cm³/mol. The molecule has 1 aromatic heterocycles. The van der Waals surface area contributed by atoms with Crippen molar-refractivity contribution in [2.24, 2.45) is 0 Å². The summed E-state index contributed by atoms with van der Waals surface area (Å²) in [5, 5.41) is 14.2. The minimum Gasteiger partial charge on any atom is -0.491 e. The molecule has 3 aromatic carbocycles. The second kappa shape index (κ2) is 12.2. The molecule has 0 saturated carbocycles. The van der Waals surface area contributed by atoms with Gasteiger partial charge in [0.25, 0.3) is 5.91 Å². The van der Waals surface area contributed by atoms with Crippen molar-refractivity contribution >= 4 is 16.8 Å². The Morgan fingerprint density at radius 3 is 2.53 bits per heavy atom. The van der Waals surface area contributed by atoms with Crippen LogP contribution in [0.25, 0.3) is 10.9 Å². The topological polar surface area (TPSA) is 83.9 Å². The molecule has 4 rings (SSSR count). The first-order valence-electron chi connectivity index (χ1n) is 11.9. The molecule has 0 aliphatic heterocycles. The van der Waals surface area contributed by atoms with E-state index in [0.29, 0.717) is 23.4 Å². The lowest BCUT2D eigenvalue weighted by molar-refractivity contribution is 0.0827. The second-order valence-electron chi connectivity index (χ2n) is 8.72. The van der Waals surface area contributed by atoms with Crippen LogP contribution in [0.4, 0.5) is 0 Å². The third kappa shape index (κ3) is 6.81. The lowest BCUT2D eigenvalue weighted by Crippen LogP contribution is -2.32. The average molecular weight is 486 g/mol. The largest absolute Gasteiger partial charge is 0.491 e. The molecule has 1 amide bonds. The minimum atomic E-state index is -0.576. The summed E-state index contributed by atoms with van der Waals surface area (Å²) in [6.45, 7) is 1.45. The molecular weight excluding hydrogens is 454 g/mol. The number of nitrogens with zero attached hydrogens (tertiary/aromatic N) is 2. The highest BCUT2D eigenvalue weighted by Crippen LogP contribution is 2.29.